The van der Waals surface area contributed by atoms with Gasteiger partial charge in [0.1, 0.15) is 17.4 Å². The lowest BCUT2D eigenvalue weighted by Gasteiger charge is -2.08. The Morgan fingerprint density at radius 1 is 1.53 bits per heavy atom. The lowest BCUT2D eigenvalue weighted by atomic mass is 10.1. The highest BCUT2D eigenvalue weighted by molar-refractivity contribution is 9.10. The Hall–Kier alpha value is -1.20. The van der Waals surface area contributed by atoms with Crippen molar-refractivity contribution < 1.29 is 9.53 Å². The molecule has 0 saturated carbocycles. The summed E-state index contributed by atoms with van der Waals surface area (Å²) in [4.78, 5) is 15.6. The lowest BCUT2D eigenvalue weighted by Crippen LogP contribution is -2.01. The number of thiazole rings is 1. The van der Waals surface area contributed by atoms with E-state index in [1.807, 2.05) is 11.4 Å². The second-order valence-electron chi connectivity index (χ2n) is 3.41. The fourth-order valence-corrected chi connectivity index (χ4v) is 2.26. The second kappa shape index (κ2) is 5.42. The first-order valence-corrected chi connectivity index (χ1v) is 6.66. The number of carbonyl (C=O) groups excluding carboxylic acids is 1. The number of benzene rings is 1. The number of ether oxygens (including phenoxy) is 1. The van der Waals surface area contributed by atoms with E-state index >= 15 is 0 Å². The normalized spacial score (nSPS) is 10.2. The summed E-state index contributed by atoms with van der Waals surface area (Å²) in [6, 6.07) is 5.40. The standard InChI is InChI=1S/C12H10BrNO2S/c1-8(15)10-6-9(13)2-3-11(10)16-7-12-14-4-5-17-12/h2-6H,7H2,1H3. The van der Waals surface area contributed by atoms with E-state index in [1.165, 1.54) is 18.3 Å². The molecule has 0 bridgehead atoms. The maximum atomic E-state index is 11.5. The van der Waals surface area contributed by atoms with Crippen LogP contribution in [-0.2, 0) is 6.61 Å². The molecule has 0 aliphatic rings. The van der Waals surface area contributed by atoms with Crippen LogP contribution in [0.4, 0.5) is 0 Å². The Morgan fingerprint density at radius 3 is 3.00 bits per heavy atom. The predicted molar refractivity (Wildman–Crippen MR) is 70.6 cm³/mol. The zero-order chi connectivity index (χ0) is 12.3. The summed E-state index contributed by atoms with van der Waals surface area (Å²) < 4.78 is 6.47. The summed E-state index contributed by atoms with van der Waals surface area (Å²) in [6.45, 7) is 1.91. The molecule has 0 spiro atoms. The molecule has 1 heterocycles. The molecule has 3 nitrogen and oxygen atoms in total. The van der Waals surface area contributed by atoms with E-state index in [1.54, 1.807) is 18.3 Å². The number of Topliss-reactive ketones (excluding diaryl/α,β-unsaturated/α-hetero) is 1. The van der Waals surface area contributed by atoms with Gasteiger partial charge >= 0.3 is 0 Å². The van der Waals surface area contributed by atoms with Crippen molar-refractivity contribution in [3.63, 3.8) is 0 Å². The first kappa shape index (κ1) is 12.3. The molecule has 1 aromatic carbocycles. The monoisotopic (exact) mass is 311 g/mol. The Morgan fingerprint density at radius 2 is 2.35 bits per heavy atom. The predicted octanol–water partition coefficient (Wildman–Crippen LogP) is 3.69. The molecule has 0 amide bonds. The molecular weight excluding hydrogens is 302 g/mol. The quantitative estimate of drug-likeness (QED) is 0.808. The number of hydrogen-bond donors (Lipinski definition) is 0. The Kier molecular flexibility index (Phi) is 3.91. The van der Waals surface area contributed by atoms with Gasteiger partial charge in [-0.3, -0.25) is 4.79 Å². The minimum Gasteiger partial charge on any atom is -0.486 e. The number of aromatic nitrogens is 1. The van der Waals surface area contributed by atoms with Crippen LogP contribution in [0.25, 0.3) is 0 Å². The third kappa shape index (κ3) is 3.14. The average Bonchev–Trinajstić information content (AvgIpc) is 2.80. The van der Waals surface area contributed by atoms with Crippen LogP contribution in [0.1, 0.15) is 22.3 Å². The summed E-state index contributed by atoms with van der Waals surface area (Å²) >= 11 is 4.87. The molecule has 0 fully saturated rings. The van der Waals surface area contributed by atoms with Crippen LogP contribution >= 0.6 is 27.3 Å². The van der Waals surface area contributed by atoms with E-state index in [0.29, 0.717) is 17.9 Å². The molecule has 0 unspecified atom stereocenters. The summed E-state index contributed by atoms with van der Waals surface area (Å²) in [6.07, 6.45) is 1.73. The third-order valence-corrected chi connectivity index (χ3v) is 3.40. The van der Waals surface area contributed by atoms with Crippen molar-refractivity contribution in [1.82, 2.24) is 4.98 Å². The molecule has 0 aliphatic carbocycles. The smallest absolute Gasteiger partial charge is 0.163 e. The first-order valence-electron chi connectivity index (χ1n) is 4.98. The highest BCUT2D eigenvalue weighted by Gasteiger charge is 2.09. The van der Waals surface area contributed by atoms with Crippen LogP contribution in [0.3, 0.4) is 0 Å². The van der Waals surface area contributed by atoms with Gasteiger partial charge in [-0.2, -0.15) is 0 Å². The first-order chi connectivity index (χ1) is 8.16. The van der Waals surface area contributed by atoms with Gasteiger partial charge in [-0.15, -0.1) is 11.3 Å². The van der Waals surface area contributed by atoms with Crippen molar-refractivity contribution in [3.8, 4) is 5.75 Å². The molecule has 1 aromatic heterocycles. The van der Waals surface area contributed by atoms with Gasteiger partial charge in [0.2, 0.25) is 0 Å². The largest absolute Gasteiger partial charge is 0.486 e. The van der Waals surface area contributed by atoms with Gasteiger partial charge in [-0.1, -0.05) is 15.9 Å². The van der Waals surface area contributed by atoms with Crippen LogP contribution < -0.4 is 4.74 Å². The Labute approximate surface area is 112 Å². The average molecular weight is 312 g/mol. The molecule has 0 N–H and O–H groups in total. The Bertz CT molecular complexity index is 525. The van der Waals surface area contributed by atoms with Gasteiger partial charge in [-0.05, 0) is 25.1 Å². The van der Waals surface area contributed by atoms with E-state index in [9.17, 15) is 4.79 Å². The van der Waals surface area contributed by atoms with E-state index in [4.69, 9.17) is 4.74 Å². The van der Waals surface area contributed by atoms with Crippen LogP contribution in [0.5, 0.6) is 5.75 Å². The maximum Gasteiger partial charge on any atom is 0.163 e. The number of rotatable bonds is 4. The van der Waals surface area contributed by atoms with Gasteiger partial charge in [0.15, 0.2) is 5.78 Å². The maximum absolute atomic E-state index is 11.5. The zero-order valence-electron chi connectivity index (χ0n) is 9.14. The topological polar surface area (TPSA) is 39.2 Å². The number of hydrogen-bond acceptors (Lipinski definition) is 4. The molecular formula is C12H10BrNO2S. The van der Waals surface area contributed by atoms with Crippen molar-refractivity contribution in [2.45, 2.75) is 13.5 Å². The molecule has 0 atom stereocenters. The van der Waals surface area contributed by atoms with E-state index < -0.39 is 0 Å². The van der Waals surface area contributed by atoms with Gasteiger partial charge in [-0.25, -0.2) is 4.98 Å². The van der Waals surface area contributed by atoms with Gasteiger partial charge in [0, 0.05) is 16.0 Å². The summed E-state index contributed by atoms with van der Waals surface area (Å²) in [5.74, 6) is 0.580. The summed E-state index contributed by atoms with van der Waals surface area (Å²) in [5.41, 5.74) is 0.580. The highest BCUT2D eigenvalue weighted by Crippen LogP contribution is 2.24. The summed E-state index contributed by atoms with van der Waals surface area (Å²) in [5, 5.41) is 2.79. The van der Waals surface area contributed by atoms with Gasteiger partial charge in [0.25, 0.3) is 0 Å². The molecule has 2 aromatic rings. The number of ketones is 1. The van der Waals surface area contributed by atoms with Crippen LogP contribution in [-0.4, -0.2) is 10.8 Å². The van der Waals surface area contributed by atoms with E-state index in [0.717, 1.165) is 9.48 Å². The summed E-state index contributed by atoms with van der Waals surface area (Å²) in [7, 11) is 0. The fourth-order valence-electron chi connectivity index (χ4n) is 1.37. The molecule has 0 aliphatic heterocycles. The van der Waals surface area contributed by atoms with Crippen molar-refractivity contribution in [3.05, 3.63) is 44.8 Å². The fraction of sp³-hybridized carbons (Fsp3) is 0.167. The number of nitrogens with zero attached hydrogens (tertiary/aromatic N) is 1. The van der Waals surface area contributed by atoms with Crippen LogP contribution in [0.2, 0.25) is 0 Å². The van der Waals surface area contributed by atoms with E-state index in [-0.39, 0.29) is 5.78 Å². The molecule has 0 saturated heterocycles. The van der Waals surface area contributed by atoms with Crippen molar-refractivity contribution >= 4 is 33.0 Å². The molecule has 0 radical (unpaired) electrons. The minimum absolute atomic E-state index is 0.0135. The van der Waals surface area contributed by atoms with E-state index in [2.05, 4.69) is 20.9 Å². The second-order valence-corrected chi connectivity index (χ2v) is 5.31. The molecule has 88 valence electrons. The third-order valence-electron chi connectivity index (χ3n) is 2.16. The molecule has 2 rings (SSSR count). The zero-order valence-corrected chi connectivity index (χ0v) is 11.5. The SMILES string of the molecule is CC(=O)c1cc(Br)ccc1OCc1nccs1. The Balaban J connectivity index is 2.17. The lowest BCUT2D eigenvalue weighted by molar-refractivity contribution is 0.101. The minimum atomic E-state index is -0.0135. The number of carbonyl (C=O) groups is 1. The van der Waals surface area contributed by atoms with Crippen molar-refractivity contribution in [2.24, 2.45) is 0 Å². The van der Waals surface area contributed by atoms with Gasteiger partial charge < -0.3 is 4.74 Å². The highest BCUT2D eigenvalue weighted by atomic mass is 79.9. The van der Waals surface area contributed by atoms with Crippen LogP contribution in [0, 0.1) is 0 Å². The molecule has 5 heteroatoms. The van der Waals surface area contributed by atoms with Crippen molar-refractivity contribution in [2.75, 3.05) is 0 Å². The number of halogens is 1. The van der Waals surface area contributed by atoms with Gasteiger partial charge in [0.05, 0.1) is 5.56 Å². The van der Waals surface area contributed by atoms with Crippen LogP contribution in [0.15, 0.2) is 34.2 Å². The van der Waals surface area contributed by atoms with Crippen molar-refractivity contribution in [1.29, 1.82) is 0 Å². The molecule has 17 heavy (non-hydrogen) atoms.